The number of nitrogens with one attached hydrogen (secondary N) is 2. The maximum absolute atomic E-state index is 11.9. The standard InChI is InChI=1S/C17H18N2O5/c1-2-12-6-3-4-7-13(12)19-15(20)10-18-16(21)11-24-17(22)14-8-5-9-23-14/h3-9H,2,10-11H2,1H3,(H,18,21)(H,19,20). The van der Waals surface area contributed by atoms with Gasteiger partial charge in [-0.05, 0) is 30.2 Å². The zero-order valence-corrected chi connectivity index (χ0v) is 13.2. The second-order valence-electron chi connectivity index (χ2n) is 4.89. The fraction of sp³-hybridized carbons (Fsp3) is 0.235. The van der Waals surface area contributed by atoms with Crippen molar-refractivity contribution < 1.29 is 23.5 Å². The molecule has 0 saturated heterocycles. The maximum atomic E-state index is 11.9. The molecule has 1 aromatic carbocycles. The molecule has 1 heterocycles. The van der Waals surface area contributed by atoms with Gasteiger partial charge in [-0.1, -0.05) is 25.1 Å². The number of ether oxygens (including phenoxy) is 1. The van der Waals surface area contributed by atoms with E-state index in [1.807, 2.05) is 25.1 Å². The Bertz CT molecular complexity index is 710. The van der Waals surface area contributed by atoms with E-state index >= 15 is 0 Å². The third-order valence-corrected chi connectivity index (χ3v) is 3.18. The lowest BCUT2D eigenvalue weighted by molar-refractivity contribution is -0.126. The zero-order valence-electron chi connectivity index (χ0n) is 13.2. The molecular weight excluding hydrogens is 312 g/mol. The number of carbonyl (C=O) groups excluding carboxylic acids is 3. The van der Waals surface area contributed by atoms with Gasteiger partial charge < -0.3 is 19.8 Å². The number of furan rings is 1. The number of hydrogen-bond acceptors (Lipinski definition) is 5. The molecule has 0 unspecified atom stereocenters. The molecule has 7 heteroatoms. The Morgan fingerprint density at radius 1 is 1.08 bits per heavy atom. The quantitative estimate of drug-likeness (QED) is 0.754. The van der Waals surface area contributed by atoms with E-state index in [2.05, 4.69) is 10.6 Å². The van der Waals surface area contributed by atoms with E-state index < -0.39 is 18.5 Å². The first-order valence-corrected chi connectivity index (χ1v) is 7.45. The molecule has 24 heavy (non-hydrogen) atoms. The molecule has 0 aliphatic heterocycles. The number of rotatable bonds is 7. The summed E-state index contributed by atoms with van der Waals surface area (Å²) in [7, 11) is 0. The summed E-state index contributed by atoms with van der Waals surface area (Å²) < 4.78 is 9.60. The van der Waals surface area contributed by atoms with Crippen LogP contribution in [0.2, 0.25) is 0 Å². The molecule has 2 rings (SSSR count). The van der Waals surface area contributed by atoms with Crippen molar-refractivity contribution in [1.29, 1.82) is 0 Å². The molecule has 7 nitrogen and oxygen atoms in total. The minimum Gasteiger partial charge on any atom is -0.457 e. The van der Waals surface area contributed by atoms with Gasteiger partial charge in [0, 0.05) is 5.69 Å². The average Bonchev–Trinajstić information content (AvgIpc) is 3.13. The molecule has 2 aromatic rings. The van der Waals surface area contributed by atoms with E-state index in [0.717, 1.165) is 12.0 Å². The normalized spacial score (nSPS) is 10.0. The highest BCUT2D eigenvalue weighted by Crippen LogP contribution is 2.14. The van der Waals surface area contributed by atoms with Crippen LogP contribution in [0.4, 0.5) is 5.69 Å². The third-order valence-electron chi connectivity index (χ3n) is 3.18. The predicted octanol–water partition coefficient (Wildman–Crippen LogP) is 1.75. The smallest absolute Gasteiger partial charge is 0.374 e. The summed E-state index contributed by atoms with van der Waals surface area (Å²) in [5.41, 5.74) is 1.72. The van der Waals surface area contributed by atoms with E-state index in [1.165, 1.54) is 18.4 Å². The van der Waals surface area contributed by atoms with Gasteiger partial charge in [-0.2, -0.15) is 0 Å². The molecule has 0 saturated carbocycles. The van der Waals surface area contributed by atoms with E-state index in [0.29, 0.717) is 5.69 Å². The minimum atomic E-state index is -0.739. The molecular formula is C17H18N2O5. The van der Waals surface area contributed by atoms with Gasteiger partial charge in [0.1, 0.15) is 0 Å². The molecule has 126 valence electrons. The maximum Gasteiger partial charge on any atom is 0.374 e. The van der Waals surface area contributed by atoms with Crippen molar-refractivity contribution >= 4 is 23.5 Å². The second-order valence-corrected chi connectivity index (χ2v) is 4.89. The first-order chi connectivity index (χ1) is 11.6. The Hall–Kier alpha value is -3.09. The number of aryl methyl sites for hydroxylation is 1. The molecule has 1 aromatic heterocycles. The van der Waals surface area contributed by atoms with Crippen molar-refractivity contribution in [3.05, 3.63) is 54.0 Å². The molecule has 0 fully saturated rings. The molecule has 0 bridgehead atoms. The van der Waals surface area contributed by atoms with Gasteiger partial charge in [-0.3, -0.25) is 9.59 Å². The van der Waals surface area contributed by atoms with Gasteiger partial charge in [-0.15, -0.1) is 0 Å². The number of carbonyl (C=O) groups is 3. The van der Waals surface area contributed by atoms with Crippen molar-refractivity contribution in [2.45, 2.75) is 13.3 Å². The molecule has 2 N–H and O–H groups in total. The van der Waals surface area contributed by atoms with Crippen molar-refractivity contribution in [3.63, 3.8) is 0 Å². The summed E-state index contributed by atoms with van der Waals surface area (Å²) in [6.45, 7) is 1.29. The Labute approximate surface area is 139 Å². The number of anilines is 1. The highest BCUT2D eigenvalue weighted by atomic mass is 16.5. The third kappa shape index (κ3) is 4.98. The summed E-state index contributed by atoms with van der Waals surface area (Å²) in [6, 6.07) is 10.4. The van der Waals surface area contributed by atoms with Crippen LogP contribution in [0.5, 0.6) is 0 Å². The molecule has 0 aliphatic rings. The Kier molecular flexibility index (Phi) is 6.13. The monoisotopic (exact) mass is 330 g/mol. The number of benzene rings is 1. The number of amides is 2. The summed E-state index contributed by atoms with van der Waals surface area (Å²) >= 11 is 0. The lowest BCUT2D eigenvalue weighted by Gasteiger charge is -2.10. The highest BCUT2D eigenvalue weighted by molar-refractivity contribution is 5.95. The lowest BCUT2D eigenvalue weighted by atomic mass is 10.1. The average molecular weight is 330 g/mol. The van der Waals surface area contributed by atoms with Crippen LogP contribution in [0, 0.1) is 0 Å². The van der Waals surface area contributed by atoms with Gasteiger partial charge in [-0.25, -0.2) is 4.79 Å². The zero-order chi connectivity index (χ0) is 17.4. The van der Waals surface area contributed by atoms with Crippen molar-refractivity contribution in [3.8, 4) is 0 Å². The largest absolute Gasteiger partial charge is 0.457 e. The van der Waals surface area contributed by atoms with Crippen LogP contribution in [0.15, 0.2) is 47.1 Å². The van der Waals surface area contributed by atoms with Crippen LogP contribution in [0.3, 0.4) is 0 Å². The summed E-state index contributed by atoms with van der Waals surface area (Å²) in [6.07, 6.45) is 2.11. The minimum absolute atomic E-state index is 0.0108. The van der Waals surface area contributed by atoms with Crippen LogP contribution < -0.4 is 10.6 Å². The van der Waals surface area contributed by atoms with Crippen molar-refractivity contribution in [1.82, 2.24) is 5.32 Å². The van der Waals surface area contributed by atoms with E-state index in [1.54, 1.807) is 6.07 Å². The van der Waals surface area contributed by atoms with Gasteiger partial charge in [0.15, 0.2) is 6.61 Å². The van der Waals surface area contributed by atoms with Crippen LogP contribution in [0.1, 0.15) is 23.0 Å². The Morgan fingerprint density at radius 2 is 1.88 bits per heavy atom. The molecule has 0 spiro atoms. The molecule has 2 amide bonds. The van der Waals surface area contributed by atoms with Gasteiger partial charge in [0.2, 0.25) is 11.7 Å². The van der Waals surface area contributed by atoms with E-state index in [-0.39, 0.29) is 18.2 Å². The molecule has 0 atom stereocenters. The van der Waals surface area contributed by atoms with E-state index in [4.69, 9.17) is 9.15 Å². The van der Waals surface area contributed by atoms with Crippen LogP contribution >= 0.6 is 0 Å². The van der Waals surface area contributed by atoms with Gasteiger partial charge in [0.25, 0.3) is 5.91 Å². The second kappa shape index (κ2) is 8.52. The highest BCUT2D eigenvalue weighted by Gasteiger charge is 2.13. The predicted molar refractivity (Wildman–Crippen MR) is 86.4 cm³/mol. The first-order valence-electron chi connectivity index (χ1n) is 7.45. The van der Waals surface area contributed by atoms with Crippen LogP contribution in [-0.2, 0) is 20.7 Å². The fourth-order valence-electron chi connectivity index (χ4n) is 1.97. The number of para-hydroxylation sites is 1. The summed E-state index contributed by atoms with van der Waals surface area (Å²) in [5.74, 6) is -1.66. The SMILES string of the molecule is CCc1ccccc1NC(=O)CNC(=O)COC(=O)c1ccco1. The van der Waals surface area contributed by atoms with E-state index in [9.17, 15) is 14.4 Å². The first kappa shape index (κ1) is 17.3. The lowest BCUT2D eigenvalue weighted by Crippen LogP contribution is -2.35. The van der Waals surface area contributed by atoms with Crippen LogP contribution in [-0.4, -0.2) is 30.9 Å². The Morgan fingerprint density at radius 3 is 2.58 bits per heavy atom. The fourth-order valence-corrected chi connectivity index (χ4v) is 1.97. The summed E-state index contributed by atoms with van der Waals surface area (Å²) in [4.78, 5) is 34.9. The number of hydrogen-bond donors (Lipinski definition) is 2. The van der Waals surface area contributed by atoms with Gasteiger partial charge >= 0.3 is 5.97 Å². The molecule has 0 aliphatic carbocycles. The molecule has 0 radical (unpaired) electrons. The topological polar surface area (TPSA) is 97.6 Å². The van der Waals surface area contributed by atoms with Crippen LogP contribution in [0.25, 0.3) is 0 Å². The Balaban J connectivity index is 1.73. The van der Waals surface area contributed by atoms with Crippen molar-refractivity contribution in [2.24, 2.45) is 0 Å². The van der Waals surface area contributed by atoms with Gasteiger partial charge in [0.05, 0.1) is 12.8 Å². The summed E-state index contributed by atoms with van der Waals surface area (Å²) in [5, 5.41) is 5.11. The van der Waals surface area contributed by atoms with Crippen molar-refractivity contribution in [2.75, 3.05) is 18.5 Å². The number of esters is 1.